The van der Waals surface area contributed by atoms with Crippen LogP contribution in [0.3, 0.4) is 0 Å². The second-order valence-corrected chi connectivity index (χ2v) is 12.4. The first kappa shape index (κ1) is 24.0. The molecule has 2 atom stereocenters. The van der Waals surface area contributed by atoms with Crippen molar-refractivity contribution in [1.29, 1.82) is 0 Å². The van der Waals surface area contributed by atoms with Gasteiger partial charge in [0.2, 0.25) is 0 Å². The van der Waals surface area contributed by atoms with E-state index >= 15 is 0 Å². The van der Waals surface area contributed by atoms with Gasteiger partial charge in [-0.15, -0.1) is 11.3 Å². The number of halogens is 3. The van der Waals surface area contributed by atoms with E-state index in [2.05, 4.69) is 38.3 Å². The molecule has 0 spiro atoms. The molecule has 2 aliphatic rings. The lowest BCUT2D eigenvalue weighted by Gasteiger charge is -2.28. The van der Waals surface area contributed by atoms with Gasteiger partial charge in [-0.05, 0) is 65.0 Å². The van der Waals surface area contributed by atoms with Gasteiger partial charge in [0.25, 0.3) is 5.91 Å². The summed E-state index contributed by atoms with van der Waals surface area (Å²) in [5.74, 6) is 0.248. The number of benzene rings is 2. The highest BCUT2D eigenvalue weighted by atomic mass is 79.9. The van der Waals surface area contributed by atoms with E-state index in [1.54, 1.807) is 6.07 Å². The van der Waals surface area contributed by atoms with E-state index in [-0.39, 0.29) is 15.9 Å². The number of carbonyl (C=O) groups excluding carboxylic acids is 1. The Morgan fingerprint density at radius 3 is 2.68 bits per heavy atom. The zero-order valence-corrected chi connectivity index (χ0v) is 21.2. The monoisotopic (exact) mass is 570 g/mol. The normalized spacial score (nSPS) is 22.7. The third-order valence-electron chi connectivity index (χ3n) is 6.88. The lowest BCUT2D eigenvalue weighted by atomic mass is 10.1. The van der Waals surface area contributed by atoms with Crippen LogP contribution in [0.2, 0.25) is 0 Å². The third kappa shape index (κ3) is 4.04. The molecule has 2 heterocycles. The van der Waals surface area contributed by atoms with Crippen LogP contribution in [0.5, 0.6) is 0 Å². The van der Waals surface area contributed by atoms with Gasteiger partial charge in [-0.25, -0.2) is 0 Å². The van der Waals surface area contributed by atoms with Gasteiger partial charge >= 0.3 is 13.3 Å². The molecule has 3 aromatic rings. The van der Waals surface area contributed by atoms with Gasteiger partial charge in [0.15, 0.2) is 0 Å². The number of rotatable bonds is 7. The summed E-state index contributed by atoms with van der Waals surface area (Å²) >= 11 is 3.65. The van der Waals surface area contributed by atoms with Gasteiger partial charge in [-0.3, -0.25) is 14.3 Å². The van der Waals surface area contributed by atoms with Crippen molar-refractivity contribution in [3.05, 3.63) is 69.0 Å². The second-order valence-electron chi connectivity index (χ2n) is 8.92. The van der Waals surface area contributed by atoms with Gasteiger partial charge in [-0.2, -0.15) is 8.78 Å². The van der Waals surface area contributed by atoms with Gasteiger partial charge in [0.05, 0.1) is 0 Å². The molecule has 11 heteroatoms. The maximum absolute atomic E-state index is 14.3. The molecule has 6 nitrogen and oxygen atoms in total. The van der Waals surface area contributed by atoms with E-state index in [9.17, 15) is 18.1 Å². The molecule has 0 radical (unpaired) electrons. The Balaban J connectivity index is 1.32. The number of fused-ring (bicyclic) bond motifs is 2. The molecule has 1 aromatic heterocycles. The molecule has 2 fully saturated rings. The summed E-state index contributed by atoms with van der Waals surface area (Å²) in [5, 5.41) is 3.33. The number of piperidine rings is 1. The molecule has 2 aromatic carbocycles. The summed E-state index contributed by atoms with van der Waals surface area (Å²) in [6.45, 7) is 2.32. The molecular weight excluding hydrogens is 549 g/mol. The highest BCUT2D eigenvalue weighted by Gasteiger charge is 2.61. The molecule has 1 saturated carbocycles. The Bertz CT molecular complexity index is 1320. The molecule has 1 saturated heterocycles. The smallest absolute Gasteiger partial charge is 0.350 e. The molecule has 34 heavy (non-hydrogen) atoms. The summed E-state index contributed by atoms with van der Waals surface area (Å²) < 4.78 is 40.2. The number of hydrogen-bond acceptors (Lipinski definition) is 4. The first-order valence-electron chi connectivity index (χ1n) is 10.8. The first-order chi connectivity index (χ1) is 16.0. The number of nitrogens with one attached hydrogen (secondary N) is 1. The van der Waals surface area contributed by atoms with Crippen molar-refractivity contribution in [3.8, 4) is 0 Å². The summed E-state index contributed by atoms with van der Waals surface area (Å²) in [4.78, 5) is 32.8. The fourth-order valence-electron chi connectivity index (χ4n) is 4.90. The van der Waals surface area contributed by atoms with E-state index in [1.165, 1.54) is 17.7 Å². The van der Waals surface area contributed by atoms with Crippen LogP contribution >= 0.6 is 34.9 Å². The Morgan fingerprint density at radius 1 is 1.26 bits per heavy atom. The number of thiophene rings is 1. The summed E-state index contributed by atoms with van der Waals surface area (Å²) in [5.41, 5.74) is -2.82. The third-order valence-corrected chi connectivity index (χ3v) is 10.3. The largest absolute Gasteiger partial charge is 0.400 e. The first-order valence-corrected chi connectivity index (χ1v) is 14.0. The summed E-state index contributed by atoms with van der Waals surface area (Å²) in [6, 6.07) is 14.8. The lowest BCUT2D eigenvalue weighted by molar-refractivity contribution is 0.0595. The van der Waals surface area contributed by atoms with Crippen molar-refractivity contribution in [2.24, 2.45) is 5.92 Å². The van der Waals surface area contributed by atoms with Crippen LogP contribution in [0.15, 0.2) is 53.0 Å². The van der Waals surface area contributed by atoms with Crippen molar-refractivity contribution in [1.82, 2.24) is 10.2 Å². The Morgan fingerprint density at radius 2 is 2.00 bits per heavy atom. The van der Waals surface area contributed by atoms with Gasteiger partial charge in [0, 0.05) is 38.8 Å². The topological polar surface area (TPSA) is 89.9 Å². The van der Waals surface area contributed by atoms with Crippen LogP contribution in [-0.2, 0) is 16.8 Å². The predicted molar refractivity (Wildman–Crippen MR) is 130 cm³/mol. The van der Waals surface area contributed by atoms with Crippen LogP contribution < -0.4 is 5.32 Å². The van der Waals surface area contributed by atoms with E-state index < -0.39 is 18.1 Å². The Labute approximate surface area is 207 Å². The minimum atomic E-state index is -5.70. The molecule has 0 unspecified atom stereocenters. The maximum Gasteiger partial charge on any atom is 0.400 e. The molecule has 0 bridgehead atoms. The number of alkyl halides is 2. The van der Waals surface area contributed by atoms with Crippen LogP contribution in [0.25, 0.3) is 10.1 Å². The minimum Gasteiger partial charge on any atom is -0.350 e. The molecule has 3 N–H and O–H groups in total. The van der Waals surface area contributed by atoms with Crippen molar-refractivity contribution < 1.29 is 27.9 Å². The molecule has 1 amide bonds. The molecular formula is C23H22BrF2N2O4PS. The SMILES string of the molecule is O=C(NC[C@]12C[C@@H]1CCN2Cc1ccccc1)c1ccc2sc(C(F)(F)P(=O)(O)O)c(Br)c2c1. The summed E-state index contributed by atoms with van der Waals surface area (Å²) in [7, 11) is -5.70. The quantitative estimate of drug-likeness (QED) is 0.336. The van der Waals surface area contributed by atoms with Gasteiger partial charge < -0.3 is 15.1 Å². The highest BCUT2D eigenvalue weighted by molar-refractivity contribution is 9.10. The number of carbonyl (C=O) groups is 1. The molecule has 1 aliphatic carbocycles. The van der Waals surface area contributed by atoms with Crippen molar-refractivity contribution in [2.45, 2.75) is 30.6 Å². The molecule has 1 aliphatic heterocycles. The molecule has 180 valence electrons. The number of hydrogen-bond donors (Lipinski definition) is 3. The Kier molecular flexibility index (Phi) is 5.98. The van der Waals surface area contributed by atoms with Crippen LogP contribution in [0.4, 0.5) is 8.78 Å². The number of likely N-dealkylation sites (tertiary alicyclic amines) is 1. The minimum absolute atomic E-state index is 0.0444. The van der Waals surface area contributed by atoms with E-state index in [0.717, 1.165) is 25.9 Å². The van der Waals surface area contributed by atoms with Gasteiger partial charge in [-0.1, -0.05) is 30.3 Å². The zero-order chi connectivity index (χ0) is 24.3. The van der Waals surface area contributed by atoms with Crippen molar-refractivity contribution >= 4 is 50.9 Å². The highest BCUT2D eigenvalue weighted by Crippen LogP contribution is 2.63. The van der Waals surface area contributed by atoms with Crippen molar-refractivity contribution in [3.63, 3.8) is 0 Å². The van der Waals surface area contributed by atoms with Crippen LogP contribution in [-0.4, -0.2) is 39.2 Å². The zero-order valence-electron chi connectivity index (χ0n) is 17.9. The number of amides is 1. The lowest BCUT2D eigenvalue weighted by Crippen LogP contribution is -2.44. The van der Waals surface area contributed by atoms with E-state index in [0.29, 0.717) is 39.4 Å². The summed E-state index contributed by atoms with van der Waals surface area (Å²) in [6.07, 6.45) is 2.14. The molecule has 5 rings (SSSR count). The maximum atomic E-state index is 14.3. The standard InChI is InChI=1S/C23H22BrF2N2O4PS/c24-19-17-10-15(6-7-18(17)34-20(19)23(25,26)33(30,31)32)21(29)27-13-22-11-16(22)8-9-28(22)12-14-4-2-1-3-5-14/h1-7,10,16H,8-9,11-13H2,(H,27,29)(H2,30,31,32)/t16-,22+/m0/s1. The van der Waals surface area contributed by atoms with Gasteiger partial charge in [0.1, 0.15) is 4.88 Å². The van der Waals surface area contributed by atoms with Crippen LogP contribution in [0, 0.1) is 5.92 Å². The number of nitrogens with zero attached hydrogens (tertiary/aromatic N) is 1. The predicted octanol–water partition coefficient (Wildman–Crippen LogP) is 5.29. The average molecular weight is 571 g/mol. The second kappa shape index (κ2) is 8.47. The van der Waals surface area contributed by atoms with E-state index in [1.807, 2.05) is 18.2 Å². The van der Waals surface area contributed by atoms with Crippen molar-refractivity contribution in [2.75, 3.05) is 13.1 Å². The van der Waals surface area contributed by atoms with Crippen LogP contribution in [0.1, 0.15) is 33.6 Å². The van der Waals surface area contributed by atoms with E-state index in [4.69, 9.17) is 9.79 Å². The fourth-order valence-corrected chi connectivity index (χ4v) is 7.82. The average Bonchev–Trinajstić information content (AvgIpc) is 3.27. The Hall–Kier alpha value is -1.68. The fraction of sp³-hybridized carbons (Fsp3) is 0.348.